The van der Waals surface area contributed by atoms with Gasteiger partial charge in [0.1, 0.15) is 12.4 Å². The summed E-state index contributed by atoms with van der Waals surface area (Å²) in [5.41, 5.74) is 1.74. The van der Waals surface area contributed by atoms with Crippen molar-refractivity contribution in [2.24, 2.45) is 0 Å². The number of amides is 2. The van der Waals surface area contributed by atoms with Crippen molar-refractivity contribution in [3.63, 3.8) is 0 Å². The van der Waals surface area contributed by atoms with Gasteiger partial charge in [-0.25, -0.2) is 0 Å². The molecular weight excluding hydrogens is 434 g/mol. The Labute approximate surface area is 189 Å². The van der Waals surface area contributed by atoms with Crippen LogP contribution in [0.25, 0.3) is 16.8 Å². The molecule has 0 saturated carbocycles. The number of benzene rings is 3. The molecule has 4 rings (SSSR count). The molecule has 0 bridgehead atoms. The minimum Gasteiger partial charge on any atom is -0.488 e. The molecule has 1 heterocycles. The number of halogens is 1. The van der Waals surface area contributed by atoms with Crippen LogP contribution in [0.2, 0.25) is 5.02 Å². The molecule has 3 aromatic rings. The zero-order valence-electron chi connectivity index (χ0n) is 16.8. The third-order valence-electron chi connectivity index (χ3n) is 4.91. The second kappa shape index (κ2) is 9.56. The number of fused-ring (bicyclic) bond motifs is 1. The first-order valence-electron chi connectivity index (χ1n) is 9.70. The van der Waals surface area contributed by atoms with E-state index in [1.807, 2.05) is 60.7 Å². The third-order valence-corrected chi connectivity index (χ3v) is 6.07. The highest BCUT2D eigenvalue weighted by molar-refractivity contribution is 8.18. The molecule has 0 N–H and O–H groups in total. The lowest BCUT2D eigenvalue weighted by molar-refractivity contribution is -0.123. The molecule has 0 unspecified atom stereocenters. The predicted octanol–water partition coefficient (Wildman–Crippen LogP) is 5.75. The topological polar surface area (TPSA) is 55.8 Å². The summed E-state index contributed by atoms with van der Waals surface area (Å²) in [6, 6.07) is 19.2. The van der Waals surface area contributed by atoms with Crippen molar-refractivity contribution in [1.29, 1.82) is 0 Å². The fourth-order valence-corrected chi connectivity index (χ4v) is 4.27. The number of nitrogens with zero attached hydrogens (tertiary/aromatic N) is 1. The molecule has 0 aromatic heterocycles. The molecule has 0 spiro atoms. The maximum absolute atomic E-state index is 12.8. The monoisotopic (exact) mass is 453 g/mol. The van der Waals surface area contributed by atoms with Crippen LogP contribution in [-0.4, -0.2) is 36.3 Å². The Morgan fingerprint density at radius 2 is 1.81 bits per heavy atom. The number of thioether (sulfide) groups is 1. The van der Waals surface area contributed by atoms with Crippen LogP contribution in [0.1, 0.15) is 11.1 Å². The number of rotatable bonds is 7. The maximum Gasteiger partial charge on any atom is 0.293 e. The first-order valence-corrected chi connectivity index (χ1v) is 10.9. The van der Waals surface area contributed by atoms with E-state index in [0.29, 0.717) is 28.9 Å². The SMILES string of the molecule is COCCN1C(=O)S/C(=C/c2c(OCc3ccc(Cl)cc3)ccc3ccccc23)C1=O. The van der Waals surface area contributed by atoms with Gasteiger partial charge in [0.15, 0.2) is 0 Å². The lowest BCUT2D eigenvalue weighted by Crippen LogP contribution is -2.31. The number of ether oxygens (including phenoxy) is 2. The van der Waals surface area contributed by atoms with E-state index in [1.54, 1.807) is 6.08 Å². The third kappa shape index (κ3) is 4.77. The number of hydrogen-bond acceptors (Lipinski definition) is 5. The largest absolute Gasteiger partial charge is 0.488 e. The molecule has 0 radical (unpaired) electrons. The highest BCUT2D eigenvalue weighted by Gasteiger charge is 2.35. The van der Waals surface area contributed by atoms with Crippen LogP contribution in [0.15, 0.2) is 65.6 Å². The van der Waals surface area contributed by atoms with Crippen LogP contribution < -0.4 is 4.74 Å². The molecule has 0 aliphatic carbocycles. The molecule has 0 atom stereocenters. The van der Waals surface area contributed by atoms with Gasteiger partial charge in [-0.15, -0.1) is 0 Å². The molecule has 1 saturated heterocycles. The number of carbonyl (C=O) groups is 2. The normalized spacial score (nSPS) is 15.3. The number of imide groups is 1. The van der Waals surface area contributed by atoms with Crippen LogP contribution in [0.4, 0.5) is 4.79 Å². The fourth-order valence-electron chi connectivity index (χ4n) is 3.30. The van der Waals surface area contributed by atoms with Crippen molar-refractivity contribution in [1.82, 2.24) is 4.90 Å². The molecule has 1 aliphatic heterocycles. The second-order valence-corrected chi connectivity index (χ2v) is 8.37. The van der Waals surface area contributed by atoms with Gasteiger partial charge >= 0.3 is 0 Å². The van der Waals surface area contributed by atoms with Gasteiger partial charge in [-0.3, -0.25) is 14.5 Å². The number of methoxy groups -OCH3 is 1. The summed E-state index contributed by atoms with van der Waals surface area (Å²) in [5.74, 6) is 0.320. The van der Waals surface area contributed by atoms with Crippen LogP contribution >= 0.6 is 23.4 Å². The summed E-state index contributed by atoms with van der Waals surface area (Å²) in [4.78, 5) is 26.7. The van der Waals surface area contributed by atoms with Gasteiger partial charge in [0.25, 0.3) is 11.1 Å². The summed E-state index contributed by atoms with van der Waals surface area (Å²) in [7, 11) is 1.54. The Hall–Kier alpha value is -2.80. The van der Waals surface area contributed by atoms with Crippen molar-refractivity contribution < 1.29 is 19.1 Å². The predicted molar refractivity (Wildman–Crippen MR) is 124 cm³/mol. The first-order chi connectivity index (χ1) is 15.1. The molecule has 7 heteroatoms. The van der Waals surface area contributed by atoms with Gasteiger partial charge in [0, 0.05) is 17.7 Å². The lowest BCUT2D eigenvalue weighted by Gasteiger charge is -2.13. The van der Waals surface area contributed by atoms with Crippen LogP contribution in [0.5, 0.6) is 5.75 Å². The molecule has 158 valence electrons. The van der Waals surface area contributed by atoms with Crippen molar-refractivity contribution >= 4 is 51.4 Å². The Morgan fingerprint density at radius 3 is 2.58 bits per heavy atom. The zero-order chi connectivity index (χ0) is 21.8. The van der Waals surface area contributed by atoms with E-state index < -0.39 is 0 Å². The van der Waals surface area contributed by atoms with E-state index in [1.165, 1.54) is 12.0 Å². The molecule has 1 aliphatic rings. The average Bonchev–Trinajstić information content (AvgIpc) is 3.05. The smallest absolute Gasteiger partial charge is 0.293 e. The first kappa shape index (κ1) is 21.4. The lowest BCUT2D eigenvalue weighted by atomic mass is 10.0. The maximum atomic E-state index is 12.8. The Bertz CT molecular complexity index is 1160. The summed E-state index contributed by atoms with van der Waals surface area (Å²) < 4.78 is 11.1. The standard InChI is InChI=1S/C24H20ClNO4S/c1-29-13-12-26-23(27)22(31-24(26)28)14-20-19-5-3-2-4-17(19)8-11-21(20)30-15-16-6-9-18(25)10-7-16/h2-11,14H,12-13,15H2,1H3/b22-14+. The Balaban J connectivity index is 1.69. The summed E-state index contributed by atoms with van der Waals surface area (Å²) in [6.07, 6.45) is 1.75. The minimum atomic E-state index is -0.316. The summed E-state index contributed by atoms with van der Waals surface area (Å²) >= 11 is 6.89. The van der Waals surface area contributed by atoms with Gasteiger partial charge in [-0.05, 0) is 52.4 Å². The Morgan fingerprint density at radius 1 is 1.03 bits per heavy atom. The molecule has 31 heavy (non-hydrogen) atoms. The van der Waals surface area contributed by atoms with Gasteiger partial charge in [-0.1, -0.05) is 54.1 Å². The highest BCUT2D eigenvalue weighted by Crippen LogP contribution is 2.37. The second-order valence-electron chi connectivity index (χ2n) is 6.94. The molecule has 2 amide bonds. The zero-order valence-corrected chi connectivity index (χ0v) is 18.4. The van der Waals surface area contributed by atoms with Crippen LogP contribution in [0.3, 0.4) is 0 Å². The van der Waals surface area contributed by atoms with E-state index in [9.17, 15) is 9.59 Å². The van der Waals surface area contributed by atoms with Gasteiger partial charge in [0.2, 0.25) is 0 Å². The molecule has 3 aromatic carbocycles. The van der Waals surface area contributed by atoms with Crippen molar-refractivity contribution in [2.75, 3.05) is 20.3 Å². The van der Waals surface area contributed by atoms with E-state index in [2.05, 4.69) is 0 Å². The molecular formula is C24H20ClNO4S. The summed E-state index contributed by atoms with van der Waals surface area (Å²) in [5, 5.41) is 2.34. The van der Waals surface area contributed by atoms with Gasteiger partial charge in [0.05, 0.1) is 18.1 Å². The van der Waals surface area contributed by atoms with Gasteiger partial charge in [-0.2, -0.15) is 0 Å². The average molecular weight is 454 g/mol. The van der Waals surface area contributed by atoms with Crippen molar-refractivity contribution in [3.8, 4) is 5.75 Å². The minimum absolute atomic E-state index is 0.230. The van der Waals surface area contributed by atoms with Crippen molar-refractivity contribution in [2.45, 2.75) is 6.61 Å². The number of hydrogen-bond donors (Lipinski definition) is 0. The van der Waals surface area contributed by atoms with E-state index in [-0.39, 0.29) is 17.7 Å². The van der Waals surface area contributed by atoms with Crippen molar-refractivity contribution in [3.05, 3.63) is 81.7 Å². The fraction of sp³-hybridized carbons (Fsp3) is 0.167. The highest BCUT2D eigenvalue weighted by atomic mass is 35.5. The van der Waals surface area contributed by atoms with E-state index in [0.717, 1.165) is 33.7 Å². The molecule has 1 fully saturated rings. The molecule has 5 nitrogen and oxygen atoms in total. The van der Waals surface area contributed by atoms with Crippen LogP contribution in [-0.2, 0) is 16.1 Å². The quantitative estimate of drug-likeness (QED) is 0.426. The van der Waals surface area contributed by atoms with E-state index in [4.69, 9.17) is 21.1 Å². The Kier molecular flexibility index (Phi) is 6.61. The summed E-state index contributed by atoms with van der Waals surface area (Å²) in [6.45, 7) is 0.884. The van der Waals surface area contributed by atoms with E-state index >= 15 is 0 Å². The van der Waals surface area contributed by atoms with Gasteiger partial charge < -0.3 is 9.47 Å². The van der Waals surface area contributed by atoms with Crippen LogP contribution in [0, 0.1) is 0 Å². The number of carbonyl (C=O) groups excluding carboxylic acids is 2.